The van der Waals surface area contributed by atoms with E-state index in [0.717, 1.165) is 5.56 Å². The van der Waals surface area contributed by atoms with Crippen molar-refractivity contribution in [1.29, 1.82) is 0 Å². The summed E-state index contributed by atoms with van der Waals surface area (Å²) in [7, 11) is 1.57. The first kappa shape index (κ1) is 17.9. The van der Waals surface area contributed by atoms with Crippen molar-refractivity contribution in [2.24, 2.45) is 15.9 Å². The summed E-state index contributed by atoms with van der Waals surface area (Å²) in [6.07, 6.45) is 1.50. The third-order valence-corrected chi connectivity index (χ3v) is 3.57. The van der Waals surface area contributed by atoms with Crippen molar-refractivity contribution in [3.05, 3.63) is 65.4 Å². The van der Waals surface area contributed by atoms with Crippen LogP contribution in [0.5, 0.6) is 11.5 Å². The summed E-state index contributed by atoms with van der Waals surface area (Å²) in [6, 6.07) is 15.2. The molecule has 27 heavy (non-hydrogen) atoms. The van der Waals surface area contributed by atoms with E-state index in [4.69, 9.17) is 20.9 Å². The Balaban J connectivity index is 1.81. The molecule has 9 nitrogen and oxygen atoms in total. The van der Waals surface area contributed by atoms with Gasteiger partial charge in [0.2, 0.25) is 0 Å². The zero-order valence-electron chi connectivity index (χ0n) is 14.6. The Hall–Kier alpha value is -3.88. The van der Waals surface area contributed by atoms with Crippen LogP contribution in [0.15, 0.2) is 63.4 Å². The van der Waals surface area contributed by atoms with E-state index in [2.05, 4.69) is 25.1 Å². The summed E-state index contributed by atoms with van der Waals surface area (Å²) >= 11 is 0. The standard InChI is InChI=1S/C18H18N6O3/c1-25-14-9-5-8-13(16(14)26-11-12-6-3-2-4-7-12)10-21-22-17(19)15-18(20)24-27-23-15/h2-10H,11H2,1H3,(H2,19,22)(H2,20,24)/b21-10-. The minimum Gasteiger partial charge on any atom is -0.493 e. The second kappa shape index (κ2) is 8.48. The molecule has 1 heterocycles. The second-order valence-corrected chi connectivity index (χ2v) is 5.38. The van der Waals surface area contributed by atoms with Crippen molar-refractivity contribution >= 4 is 17.9 Å². The molecule has 4 N–H and O–H groups in total. The fourth-order valence-corrected chi connectivity index (χ4v) is 2.25. The lowest BCUT2D eigenvalue weighted by molar-refractivity contribution is 0.284. The van der Waals surface area contributed by atoms with E-state index in [1.165, 1.54) is 6.21 Å². The van der Waals surface area contributed by atoms with E-state index in [-0.39, 0.29) is 17.3 Å². The van der Waals surface area contributed by atoms with Crippen LogP contribution >= 0.6 is 0 Å². The van der Waals surface area contributed by atoms with Crippen molar-refractivity contribution in [2.45, 2.75) is 6.61 Å². The number of nitrogens with zero attached hydrogens (tertiary/aromatic N) is 4. The van der Waals surface area contributed by atoms with Gasteiger partial charge in [0.1, 0.15) is 6.61 Å². The van der Waals surface area contributed by atoms with Crippen molar-refractivity contribution in [3.8, 4) is 11.5 Å². The zero-order chi connectivity index (χ0) is 19.1. The van der Waals surface area contributed by atoms with Gasteiger partial charge in [0.25, 0.3) is 0 Å². The largest absolute Gasteiger partial charge is 0.493 e. The topological polar surface area (TPSA) is 134 Å². The quantitative estimate of drug-likeness (QED) is 0.371. The second-order valence-electron chi connectivity index (χ2n) is 5.38. The minimum absolute atomic E-state index is 0.0142. The molecule has 0 fully saturated rings. The lowest BCUT2D eigenvalue weighted by Gasteiger charge is -2.13. The molecule has 1 aromatic heterocycles. The van der Waals surface area contributed by atoms with Gasteiger partial charge in [-0.05, 0) is 28.0 Å². The van der Waals surface area contributed by atoms with Crippen molar-refractivity contribution in [2.75, 3.05) is 12.8 Å². The Morgan fingerprint density at radius 2 is 1.96 bits per heavy atom. The Morgan fingerprint density at radius 3 is 2.67 bits per heavy atom. The predicted octanol–water partition coefficient (Wildman–Crippen LogP) is 1.98. The van der Waals surface area contributed by atoms with Gasteiger partial charge in [0, 0.05) is 5.56 Å². The molecule has 0 amide bonds. The number of aromatic nitrogens is 2. The van der Waals surface area contributed by atoms with Crippen LogP contribution in [0.2, 0.25) is 0 Å². The van der Waals surface area contributed by atoms with Gasteiger partial charge in [0.15, 0.2) is 28.8 Å². The Morgan fingerprint density at radius 1 is 1.15 bits per heavy atom. The number of nitrogen functional groups attached to an aromatic ring is 1. The molecule has 3 aromatic rings. The van der Waals surface area contributed by atoms with Crippen molar-refractivity contribution < 1.29 is 14.1 Å². The first-order chi connectivity index (χ1) is 13.2. The molecule has 0 saturated carbocycles. The van der Waals surface area contributed by atoms with E-state index >= 15 is 0 Å². The highest BCUT2D eigenvalue weighted by molar-refractivity contribution is 5.99. The maximum Gasteiger partial charge on any atom is 0.199 e. The van der Waals surface area contributed by atoms with E-state index in [1.54, 1.807) is 13.2 Å². The number of nitrogens with two attached hydrogens (primary N) is 2. The molecule has 0 radical (unpaired) electrons. The molecule has 0 atom stereocenters. The Kier molecular flexibility index (Phi) is 5.63. The predicted molar refractivity (Wildman–Crippen MR) is 101 cm³/mol. The minimum atomic E-state index is -0.0142. The summed E-state index contributed by atoms with van der Waals surface area (Å²) in [5.74, 6) is 1.15. The number of hydrogen-bond acceptors (Lipinski definition) is 8. The SMILES string of the molecule is COc1cccc(/C=N\N=C(\N)c2nonc2N)c1OCc1ccccc1. The van der Waals surface area contributed by atoms with Crippen LogP contribution in [-0.2, 0) is 6.61 Å². The number of hydrogen-bond donors (Lipinski definition) is 2. The van der Waals surface area contributed by atoms with Gasteiger partial charge >= 0.3 is 0 Å². The third-order valence-electron chi connectivity index (χ3n) is 3.57. The van der Waals surface area contributed by atoms with E-state index in [0.29, 0.717) is 23.7 Å². The average molecular weight is 366 g/mol. The molecule has 0 aliphatic carbocycles. The van der Waals surface area contributed by atoms with Crippen LogP contribution in [0, 0.1) is 0 Å². The van der Waals surface area contributed by atoms with Gasteiger partial charge in [-0.25, -0.2) is 4.63 Å². The fraction of sp³-hybridized carbons (Fsp3) is 0.111. The molecule has 0 unspecified atom stereocenters. The number of rotatable bonds is 7. The highest BCUT2D eigenvalue weighted by Gasteiger charge is 2.11. The third kappa shape index (κ3) is 4.40. The Bertz CT molecular complexity index is 953. The van der Waals surface area contributed by atoms with E-state index < -0.39 is 0 Å². The number of para-hydroxylation sites is 1. The molecule has 0 aliphatic rings. The lowest BCUT2D eigenvalue weighted by Crippen LogP contribution is -2.15. The molecular formula is C18H18N6O3. The molecule has 138 valence electrons. The summed E-state index contributed by atoms with van der Waals surface area (Å²) in [5, 5.41) is 14.8. The molecule has 0 saturated heterocycles. The summed E-state index contributed by atoms with van der Waals surface area (Å²) in [4.78, 5) is 0. The first-order valence-corrected chi connectivity index (χ1v) is 7.97. The van der Waals surface area contributed by atoms with Crippen LogP contribution in [0.4, 0.5) is 5.82 Å². The maximum atomic E-state index is 5.94. The van der Waals surface area contributed by atoms with E-state index in [9.17, 15) is 0 Å². The first-order valence-electron chi connectivity index (χ1n) is 7.97. The van der Waals surface area contributed by atoms with Crippen LogP contribution in [-0.4, -0.2) is 29.5 Å². The molecule has 0 aliphatic heterocycles. The number of ether oxygens (including phenoxy) is 2. The molecule has 0 spiro atoms. The van der Waals surface area contributed by atoms with Crippen molar-refractivity contribution in [3.63, 3.8) is 0 Å². The van der Waals surface area contributed by atoms with Crippen LogP contribution in [0.1, 0.15) is 16.8 Å². The monoisotopic (exact) mass is 366 g/mol. The van der Waals surface area contributed by atoms with Gasteiger partial charge in [-0.2, -0.15) is 5.10 Å². The fourth-order valence-electron chi connectivity index (χ4n) is 2.25. The number of benzene rings is 2. The molecule has 2 aromatic carbocycles. The van der Waals surface area contributed by atoms with Gasteiger partial charge in [-0.15, -0.1) is 5.10 Å². The van der Waals surface area contributed by atoms with Gasteiger partial charge < -0.3 is 20.9 Å². The van der Waals surface area contributed by atoms with E-state index in [1.807, 2.05) is 42.5 Å². The highest BCUT2D eigenvalue weighted by Crippen LogP contribution is 2.30. The van der Waals surface area contributed by atoms with Crippen LogP contribution < -0.4 is 20.9 Å². The summed E-state index contributed by atoms with van der Waals surface area (Å²) < 4.78 is 15.8. The van der Waals surface area contributed by atoms with Gasteiger partial charge in [0.05, 0.1) is 13.3 Å². The molecular weight excluding hydrogens is 348 g/mol. The smallest absolute Gasteiger partial charge is 0.199 e. The average Bonchev–Trinajstić information content (AvgIpc) is 3.13. The van der Waals surface area contributed by atoms with Gasteiger partial charge in [-0.1, -0.05) is 36.4 Å². The Labute approximate surface area is 155 Å². The van der Waals surface area contributed by atoms with Crippen LogP contribution in [0.25, 0.3) is 0 Å². The maximum absolute atomic E-state index is 5.94. The summed E-state index contributed by atoms with van der Waals surface area (Å²) in [5.41, 5.74) is 13.2. The zero-order valence-corrected chi connectivity index (χ0v) is 14.6. The molecule has 0 bridgehead atoms. The van der Waals surface area contributed by atoms with Crippen molar-refractivity contribution in [1.82, 2.24) is 10.3 Å². The van der Waals surface area contributed by atoms with Crippen LogP contribution in [0.3, 0.4) is 0 Å². The number of amidine groups is 1. The molecule has 9 heteroatoms. The summed E-state index contributed by atoms with van der Waals surface area (Å²) in [6.45, 7) is 0.384. The molecule has 3 rings (SSSR count). The highest BCUT2D eigenvalue weighted by atomic mass is 16.6. The van der Waals surface area contributed by atoms with Gasteiger partial charge in [-0.3, -0.25) is 0 Å². The lowest BCUT2D eigenvalue weighted by atomic mass is 10.2. The normalized spacial score (nSPS) is 11.7. The number of methoxy groups -OCH3 is 1. The number of anilines is 1.